The standard InChI is InChI=1S/C12H19N3O2/c13-15-12-7-10(4-5-14-12)8-16-9-11-3-1-2-6-17-11/h4-5,7,11H,1-3,6,8-9,13H2,(H,14,15). The third-order valence-corrected chi connectivity index (χ3v) is 2.82. The minimum atomic E-state index is 0.262. The lowest BCUT2D eigenvalue weighted by Gasteiger charge is -2.22. The van der Waals surface area contributed by atoms with E-state index in [4.69, 9.17) is 15.3 Å². The summed E-state index contributed by atoms with van der Waals surface area (Å²) in [6.45, 7) is 2.09. The van der Waals surface area contributed by atoms with Crippen LogP contribution in [0, 0.1) is 0 Å². The number of pyridine rings is 1. The number of hydrogen-bond donors (Lipinski definition) is 2. The Hall–Kier alpha value is -1.17. The van der Waals surface area contributed by atoms with Crippen molar-refractivity contribution in [2.45, 2.75) is 32.0 Å². The van der Waals surface area contributed by atoms with Crippen molar-refractivity contribution in [3.05, 3.63) is 23.9 Å². The summed E-state index contributed by atoms with van der Waals surface area (Å²) < 4.78 is 11.2. The minimum Gasteiger partial charge on any atom is -0.376 e. The summed E-state index contributed by atoms with van der Waals surface area (Å²) in [4.78, 5) is 4.04. The van der Waals surface area contributed by atoms with E-state index >= 15 is 0 Å². The van der Waals surface area contributed by atoms with E-state index in [1.807, 2.05) is 12.1 Å². The van der Waals surface area contributed by atoms with E-state index < -0.39 is 0 Å². The number of aromatic nitrogens is 1. The molecular formula is C12H19N3O2. The first-order valence-corrected chi connectivity index (χ1v) is 5.99. The summed E-state index contributed by atoms with van der Waals surface area (Å²) in [7, 11) is 0. The van der Waals surface area contributed by atoms with Crippen LogP contribution in [0.25, 0.3) is 0 Å². The Bertz CT molecular complexity index is 340. The molecule has 5 heteroatoms. The van der Waals surface area contributed by atoms with E-state index in [2.05, 4.69) is 10.4 Å². The first-order chi connectivity index (χ1) is 8.38. The zero-order valence-electron chi connectivity index (χ0n) is 9.89. The molecule has 0 saturated carbocycles. The van der Waals surface area contributed by atoms with Crippen molar-refractivity contribution in [1.29, 1.82) is 0 Å². The van der Waals surface area contributed by atoms with Crippen LogP contribution in [0.4, 0.5) is 5.82 Å². The van der Waals surface area contributed by atoms with Gasteiger partial charge in [0.25, 0.3) is 0 Å². The molecule has 0 bridgehead atoms. The van der Waals surface area contributed by atoms with E-state index in [-0.39, 0.29) is 6.10 Å². The molecule has 1 aromatic heterocycles. The lowest BCUT2D eigenvalue weighted by atomic mass is 10.1. The summed E-state index contributed by atoms with van der Waals surface area (Å²) >= 11 is 0. The van der Waals surface area contributed by atoms with Crippen molar-refractivity contribution in [3.8, 4) is 0 Å². The monoisotopic (exact) mass is 237 g/mol. The van der Waals surface area contributed by atoms with Crippen molar-refractivity contribution in [2.24, 2.45) is 5.84 Å². The van der Waals surface area contributed by atoms with Crippen LogP contribution in [0.1, 0.15) is 24.8 Å². The smallest absolute Gasteiger partial charge is 0.140 e. The molecule has 0 radical (unpaired) electrons. The number of nitrogen functional groups attached to an aromatic ring is 1. The number of anilines is 1. The largest absolute Gasteiger partial charge is 0.376 e. The van der Waals surface area contributed by atoms with Gasteiger partial charge in [-0.15, -0.1) is 0 Å². The number of nitrogens with two attached hydrogens (primary N) is 1. The second-order valence-electron chi connectivity index (χ2n) is 4.20. The van der Waals surface area contributed by atoms with Gasteiger partial charge in [0.2, 0.25) is 0 Å². The number of nitrogens with one attached hydrogen (secondary N) is 1. The number of ether oxygens (including phenoxy) is 2. The Morgan fingerprint density at radius 2 is 2.47 bits per heavy atom. The third kappa shape index (κ3) is 3.96. The van der Waals surface area contributed by atoms with Crippen LogP contribution >= 0.6 is 0 Å². The summed E-state index contributed by atoms with van der Waals surface area (Å²) in [6.07, 6.45) is 5.49. The maximum atomic E-state index is 5.64. The molecule has 0 aliphatic carbocycles. The van der Waals surface area contributed by atoms with E-state index in [1.54, 1.807) is 6.20 Å². The molecule has 3 N–H and O–H groups in total. The Balaban J connectivity index is 1.73. The van der Waals surface area contributed by atoms with Gasteiger partial charge in [-0.05, 0) is 37.0 Å². The Labute approximate surface area is 101 Å². The van der Waals surface area contributed by atoms with Crippen LogP contribution in [0.2, 0.25) is 0 Å². The Morgan fingerprint density at radius 3 is 3.24 bits per heavy atom. The fraction of sp³-hybridized carbons (Fsp3) is 0.583. The highest BCUT2D eigenvalue weighted by Crippen LogP contribution is 2.14. The normalized spacial score (nSPS) is 20.2. The molecule has 17 heavy (non-hydrogen) atoms. The Kier molecular flexibility index (Phi) is 4.73. The van der Waals surface area contributed by atoms with Gasteiger partial charge in [0.1, 0.15) is 5.82 Å². The zero-order valence-corrected chi connectivity index (χ0v) is 9.89. The van der Waals surface area contributed by atoms with Crippen LogP contribution in [0.5, 0.6) is 0 Å². The third-order valence-electron chi connectivity index (χ3n) is 2.82. The van der Waals surface area contributed by atoms with Crippen LogP contribution in [0.15, 0.2) is 18.3 Å². The molecule has 5 nitrogen and oxygen atoms in total. The second kappa shape index (κ2) is 6.54. The number of rotatable bonds is 5. The van der Waals surface area contributed by atoms with Crippen molar-refractivity contribution < 1.29 is 9.47 Å². The fourth-order valence-corrected chi connectivity index (χ4v) is 1.89. The molecule has 0 spiro atoms. The van der Waals surface area contributed by atoms with Gasteiger partial charge in [0.15, 0.2) is 0 Å². The van der Waals surface area contributed by atoms with Gasteiger partial charge in [0, 0.05) is 12.8 Å². The molecule has 1 aliphatic rings. The maximum absolute atomic E-state index is 5.64. The van der Waals surface area contributed by atoms with Crippen LogP contribution in [0.3, 0.4) is 0 Å². The average molecular weight is 237 g/mol. The van der Waals surface area contributed by atoms with Crippen LogP contribution < -0.4 is 11.3 Å². The van der Waals surface area contributed by atoms with Crippen molar-refractivity contribution in [1.82, 2.24) is 4.98 Å². The van der Waals surface area contributed by atoms with Crippen molar-refractivity contribution in [3.63, 3.8) is 0 Å². The summed E-state index contributed by atoms with van der Waals surface area (Å²) in [6, 6.07) is 3.80. The van der Waals surface area contributed by atoms with Gasteiger partial charge < -0.3 is 14.9 Å². The maximum Gasteiger partial charge on any atom is 0.140 e. The van der Waals surface area contributed by atoms with Gasteiger partial charge in [-0.25, -0.2) is 10.8 Å². The van der Waals surface area contributed by atoms with Gasteiger partial charge in [-0.1, -0.05) is 0 Å². The highest BCUT2D eigenvalue weighted by Gasteiger charge is 2.13. The molecule has 1 atom stereocenters. The molecule has 1 fully saturated rings. The number of hydrazine groups is 1. The van der Waals surface area contributed by atoms with E-state index in [0.717, 1.165) is 18.6 Å². The van der Waals surface area contributed by atoms with Gasteiger partial charge >= 0.3 is 0 Å². The second-order valence-corrected chi connectivity index (χ2v) is 4.20. The van der Waals surface area contributed by atoms with Crippen LogP contribution in [-0.2, 0) is 16.1 Å². The number of hydrogen-bond acceptors (Lipinski definition) is 5. The quantitative estimate of drug-likeness (QED) is 0.599. The molecule has 0 amide bonds. The molecule has 1 unspecified atom stereocenters. The highest BCUT2D eigenvalue weighted by molar-refractivity contribution is 5.35. The van der Waals surface area contributed by atoms with Crippen LogP contribution in [-0.4, -0.2) is 24.3 Å². The summed E-state index contributed by atoms with van der Waals surface area (Å²) in [5.74, 6) is 5.94. The van der Waals surface area contributed by atoms with E-state index in [0.29, 0.717) is 19.0 Å². The first-order valence-electron chi connectivity index (χ1n) is 5.99. The molecule has 1 aliphatic heterocycles. The minimum absolute atomic E-state index is 0.262. The van der Waals surface area contributed by atoms with Gasteiger partial charge in [0.05, 0.1) is 19.3 Å². The Morgan fingerprint density at radius 1 is 1.53 bits per heavy atom. The predicted molar refractivity (Wildman–Crippen MR) is 65.3 cm³/mol. The molecule has 2 rings (SSSR count). The van der Waals surface area contributed by atoms with Gasteiger partial charge in [-0.2, -0.15) is 0 Å². The molecule has 1 aromatic rings. The molecular weight excluding hydrogens is 218 g/mol. The molecule has 1 saturated heterocycles. The van der Waals surface area contributed by atoms with Gasteiger partial charge in [-0.3, -0.25) is 0 Å². The first kappa shape index (κ1) is 12.3. The lowest BCUT2D eigenvalue weighted by Crippen LogP contribution is -2.24. The molecule has 2 heterocycles. The highest BCUT2D eigenvalue weighted by atomic mass is 16.5. The predicted octanol–water partition coefficient (Wildman–Crippen LogP) is 1.45. The SMILES string of the molecule is NNc1cc(COCC2CCCCO2)ccn1. The topological polar surface area (TPSA) is 69.4 Å². The summed E-state index contributed by atoms with van der Waals surface area (Å²) in [5.41, 5.74) is 3.57. The molecule has 0 aromatic carbocycles. The molecule has 94 valence electrons. The zero-order chi connectivity index (χ0) is 11.9. The lowest BCUT2D eigenvalue weighted by molar-refractivity contribution is -0.0447. The fourth-order valence-electron chi connectivity index (χ4n) is 1.89. The average Bonchev–Trinajstić information content (AvgIpc) is 2.40. The number of nitrogens with zero attached hydrogens (tertiary/aromatic N) is 1. The van der Waals surface area contributed by atoms with Crippen molar-refractivity contribution >= 4 is 5.82 Å². The van der Waals surface area contributed by atoms with E-state index in [9.17, 15) is 0 Å². The van der Waals surface area contributed by atoms with E-state index in [1.165, 1.54) is 12.8 Å². The summed E-state index contributed by atoms with van der Waals surface area (Å²) in [5, 5.41) is 0. The van der Waals surface area contributed by atoms with Crippen molar-refractivity contribution in [2.75, 3.05) is 18.6 Å².